The first-order chi connectivity index (χ1) is 8.24. The standard InChI is InChI=1S/C16H29NSi/c1-7-16(2,3)13-17-12-14-8-10-15(11-9-14)18(4,5)6/h8-11,17H,7,12-13H2,1-6H3. The minimum Gasteiger partial charge on any atom is -0.312 e. The molecular weight excluding hydrogens is 234 g/mol. The fourth-order valence-corrected chi connectivity index (χ4v) is 2.96. The second kappa shape index (κ2) is 6.03. The molecule has 18 heavy (non-hydrogen) atoms. The normalized spacial score (nSPS) is 12.8. The summed E-state index contributed by atoms with van der Waals surface area (Å²) >= 11 is 0. The summed E-state index contributed by atoms with van der Waals surface area (Å²) in [6.07, 6.45) is 1.22. The van der Waals surface area contributed by atoms with Gasteiger partial charge in [-0.25, -0.2) is 0 Å². The molecule has 1 aromatic rings. The molecule has 0 unspecified atom stereocenters. The molecule has 1 N–H and O–H groups in total. The molecule has 0 atom stereocenters. The summed E-state index contributed by atoms with van der Waals surface area (Å²) in [5.41, 5.74) is 1.79. The molecule has 0 saturated carbocycles. The van der Waals surface area contributed by atoms with E-state index in [2.05, 4.69) is 70.0 Å². The third-order valence-corrected chi connectivity index (χ3v) is 5.78. The van der Waals surface area contributed by atoms with Crippen molar-refractivity contribution in [3.63, 3.8) is 0 Å². The van der Waals surface area contributed by atoms with Crippen LogP contribution in [-0.4, -0.2) is 14.6 Å². The van der Waals surface area contributed by atoms with Crippen molar-refractivity contribution in [2.24, 2.45) is 5.41 Å². The van der Waals surface area contributed by atoms with E-state index >= 15 is 0 Å². The Hall–Kier alpha value is -0.603. The van der Waals surface area contributed by atoms with Crippen molar-refractivity contribution in [2.45, 2.75) is 53.4 Å². The number of nitrogens with one attached hydrogen (secondary N) is 1. The Morgan fingerprint density at radius 2 is 1.61 bits per heavy atom. The van der Waals surface area contributed by atoms with Crippen LogP contribution < -0.4 is 10.5 Å². The largest absolute Gasteiger partial charge is 0.312 e. The molecule has 0 spiro atoms. The lowest BCUT2D eigenvalue weighted by atomic mass is 9.90. The molecule has 0 amide bonds. The van der Waals surface area contributed by atoms with Gasteiger partial charge in [-0.15, -0.1) is 0 Å². The smallest absolute Gasteiger partial charge is 0.0775 e. The summed E-state index contributed by atoms with van der Waals surface area (Å²) in [4.78, 5) is 0. The lowest BCUT2D eigenvalue weighted by Crippen LogP contribution is -2.37. The third kappa shape index (κ3) is 4.95. The Morgan fingerprint density at radius 3 is 2.06 bits per heavy atom. The van der Waals surface area contributed by atoms with Crippen molar-refractivity contribution in [3.05, 3.63) is 29.8 Å². The van der Waals surface area contributed by atoms with E-state index in [-0.39, 0.29) is 0 Å². The average Bonchev–Trinajstić information content (AvgIpc) is 2.28. The van der Waals surface area contributed by atoms with Gasteiger partial charge in [-0.05, 0) is 17.4 Å². The molecule has 1 aromatic carbocycles. The van der Waals surface area contributed by atoms with Crippen LogP contribution in [0.15, 0.2) is 24.3 Å². The number of hydrogen-bond acceptors (Lipinski definition) is 1. The van der Waals surface area contributed by atoms with Crippen LogP contribution in [0.5, 0.6) is 0 Å². The Labute approximate surface area is 114 Å². The number of rotatable bonds is 6. The summed E-state index contributed by atoms with van der Waals surface area (Å²) in [5.74, 6) is 0. The minimum atomic E-state index is -1.14. The van der Waals surface area contributed by atoms with Gasteiger partial charge in [0.05, 0.1) is 8.07 Å². The van der Waals surface area contributed by atoms with Crippen molar-refractivity contribution in [2.75, 3.05) is 6.54 Å². The Balaban J connectivity index is 2.50. The van der Waals surface area contributed by atoms with Crippen molar-refractivity contribution in [3.8, 4) is 0 Å². The van der Waals surface area contributed by atoms with Crippen LogP contribution >= 0.6 is 0 Å². The fourth-order valence-electron chi connectivity index (χ4n) is 1.79. The maximum absolute atomic E-state index is 3.56. The first-order valence-corrected chi connectivity index (χ1v) is 10.5. The van der Waals surface area contributed by atoms with E-state index in [9.17, 15) is 0 Å². The maximum Gasteiger partial charge on any atom is 0.0775 e. The van der Waals surface area contributed by atoms with Gasteiger partial charge in [0, 0.05) is 13.1 Å². The summed E-state index contributed by atoms with van der Waals surface area (Å²) in [7, 11) is -1.14. The van der Waals surface area contributed by atoms with Gasteiger partial charge in [0.15, 0.2) is 0 Å². The van der Waals surface area contributed by atoms with Gasteiger partial charge in [0.2, 0.25) is 0 Å². The molecule has 0 aliphatic heterocycles. The average molecular weight is 264 g/mol. The lowest BCUT2D eigenvalue weighted by Gasteiger charge is -2.23. The molecule has 0 aromatic heterocycles. The highest BCUT2D eigenvalue weighted by Gasteiger charge is 2.16. The molecule has 1 rings (SSSR count). The zero-order chi connectivity index (χ0) is 13.8. The highest BCUT2D eigenvalue weighted by atomic mass is 28.3. The van der Waals surface area contributed by atoms with E-state index in [1.165, 1.54) is 12.0 Å². The molecule has 0 aliphatic carbocycles. The summed E-state index contributed by atoms with van der Waals surface area (Å²) < 4.78 is 0. The predicted octanol–water partition coefficient (Wildman–Crippen LogP) is 3.76. The molecule has 0 saturated heterocycles. The van der Waals surface area contributed by atoms with E-state index in [1.807, 2.05) is 0 Å². The quantitative estimate of drug-likeness (QED) is 0.771. The van der Waals surface area contributed by atoms with E-state index in [1.54, 1.807) is 5.19 Å². The van der Waals surface area contributed by atoms with Gasteiger partial charge in [0.1, 0.15) is 0 Å². The van der Waals surface area contributed by atoms with Gasteiger partial charge in [0.25, 0.3) is 0 Å². The SMILES string of the molecule is CCC(C)(C)CNCc1ccc([Si](C)(C)C)cc1. The van der Waals surface area contributed by atoms with Gasteiger partial charge in [-0.3, -0.25) is 0 Å². The first kappa shape index (κ1) is 15.5. The monoisotopic (exact) mass is 263 g/mol. The molecular formula is C16H29NSi. The van der Waals surface area contributed by atoms with Gasteiger partial charge < -0.3 is 5.32 Å². The molecule has 2 heteroatoms. The van der Waals surface area contributed by atoms with Crippen molar-refractivity contribution >= 4 is 13.3 Å². The van der Waals surface area contributed by atoms with Gasteiger partial charge in [-0.1, -0.05) is 69.9 Å². The Bertz CT molecular complexity index is 360. The van der Waals surface area contributed by atoms with E-state index in [0.29, 0.717) is 5.41 Å². The lowest BCUT2D eigenvalue weighted by molar-refractivity contribution is 0.327. The highest BCUT2D eigenvalue weighted by Crippen LogP contribution is 2.17. The maximum atomic E-state index is 3.56. The molecule has 0 aliphatic rings. The predicted molar refractivity (Wildman–Crippen MR) is 85.2 cm³/mol. The summed E-state index contributed by atoms with van der Waals surface area (Å²) in [5, 5.41) is 5.10. The van der Waals surface area contributed by atoms with E-state index in [4.69, 9.17) is 0 Å². The first-order valence-electron chi connectivity index (χ1n) is 7.05. The summed E-state index contributed by atoms with van der Waals surface area (Å²) in [6, 6.07) is 9.18. The molecule has 102 valence electrons. The zero-order valence-electron chi connectivity index (χ0n) is 12.9. The van der Waals surface area contributed by atoms with Crippen LogP contribution in [0.25, 0.3) is 0 Å². The number of benzene rings is 1. The van der Waals surface area contributed by atoms with Crippen molar-refractivity contribution in [1.82, 2.24) is 5.32 Å². The Morgan fingerprint density at radius 1 is 1.06 bits per heavy atom. The van der Waals surface area contributed by atoms with Crippen LogP contribution in [0.4, 0.5) is 0 Å². The molecule has 0 fully saturated rings. The Kier molecular flexibility index (Phi) is 5.17. The number of hydrogen-bond donors (Lipinski definition) is 1. The van der Waals surface area contributed by atoms with E-state index < -0.39 is 8.07 Å². The molecule has 0 heterocycles. The molecule has 0 radical (unpaired) electrons. The van der Waals surface area contributed by atoms with Crippen molar-refractivity contribution in [1.29, 1.82) is 0 Å². The van der Waals surface area contributed by atoms with Crippen LogP contribution in [0.1, 0.15) is 32.8 Å². The molecule has 1 nitrogen and oxygen atoms in total. The minimum absolute atomic E-state index is 0.401. The van der Waals surface area contributed by atoms with Gasteiger partial charge in [-0.2, -0.15) is 0 Å². The van der Waals surface area contributed by atoms with Crippen LogP contribution in [0, 0.1) is 5.41 Å². The third-order valence-electron chi connectivity index (χ3n) is 3.71. The van der Waals surface area contributed by atoms with Gasteiger partial charge >= 0.3 is 0 Å². The van der Waals surface area contributed by atoms with Crippen LogP contribution in [0.2, 0.25) is 19.6 Å². The topological polar surface area (TPSA) is 12.0 Å². The van der Waals surface area contributed by atoms with Crippen LogP contribution in [-0.2, 0) is 6.54 Å². The second-order valence-electron chi connectivity index (χ2n) is 7.07. The second-order valence-corrected chi connectivity index (χ2v) is 12.1. The molecule has 0 bridgehead atoms. The fraction of sp³-hybridized carbons (Fsp3) is 0.625. The summed E-state index contributed by atoms with van der Waals surface area (Å²) in [6.45, 7) is 16.1. The van der Waals surface area contributed by atoms with E-state index in [0.717, 1.165) is 13.1 Å². The van der Waals surface area contributed by atoms with Crippen LogP contribution in [0.3, 0.4) is 0 Å². The zero-order valence-corrected chi connectivity index (χ0v) is 13.9. The highest BCUT2D eigenvalue weighted by molar-refractivity contribution is 6.88. The van der Waals surface area contributed by atoms with Crippen molar-refractivity contribution < 1.29 is 0 Å².